The third-order valence-corrected chi connectivity index (χ3v) is 11.5. The lowest BCUT2D eigenvalue weighted by molar-refractivity contribution is -0.166. The van der Waals surface area contributed by atoms with Crippen LogP contribution >= 0.6 is 0 Å². The molecule has 73 heavy (non-hydrogen) atoms. The Morgan fingerprint density at radius 3 is 0.890 bits per heavy atom. The summed E-state index contributed by atoms with van der Waals surface area (Å²) >= 11 is 0. The molecule has 0 aromatic carbocycles. The summed E-state index contributed by atoms with van der Waals surface area (Å²) in [6.45, 7) is 6.28. The summed E-state index contributed by atoms with van der Waals surface area (Å²) in [5, 5.41) is 0. The molecular weight excluding hydrogens is 901 g/mol. The first-order chi connectivity index (χ1) is 36.0. The number of allylic oxidation sites excluding steroid dienone is 26. The topological polar surface area (TPSA) is 78.9 Å². The minimum absolute atomic E-state index is 0.129. The van der Waals surface area contributed by atoms with Crippen molar-refractivity contribution in [3.8, 4) is 0 Å². The predicted molar refractivity (Wildman–Crippen MR) is 315 cm³/mol. The molecule has 6 nitrogen and oxygen atoms in total. The third-order valence-electron chi connectivity index (χ3n) is 11.5. The molecular formula is C67H104O6. The lowest BCUT2D eigenvalue weighted by Crippen LogP contribution is -2.30. The molecule has 0 aromatic heterocycles. The van der Waals surface area contributed by atoms with Gasteiger partial charge in [-0.05, 0) is 109 Å². The molecule has 0 fully saturated rings. The first-order valence-electron chi connectivity index (χ1n) is 29.0. The molecule has 0 aliphatic rings. The SMILES string of the molecule is CC/C=C\C/C=C\C/C=C\C/C=C\C/C=C\C/C=C\C/C=C\C/C=C\C/C=C\CCCC(=O)OCC(COC(=O)CCCCCCCCCCCCCCC)OC(=O)CC/C=C\C/C=C\C/C=C\C/C=C\CC. The summed E-state index contributed by atoms with van der Waals surface area (Å²) in [5.41, 5.74) is 0. The molecule has 0 N–H and O–H groups in total. The summed E-state index contributed by atoms with van der Waals surface area (Å²) < 4.78 is 16.7. The highest BCUT2D eigenvalue weighted by Gasteiger charge is 2.19. The Balaban J connectivity index is 4.47. The van der Waals surface area contributed by atoms with Crippen molar-refractivity contribution in [1.29, 1.82) is 0 Å². The summed E-state index contributed by atoms with van der Waals surface area (Å²) in [6, 6.07) is 0. The van der Waals surface area contributed by atoms with Gasteiger partial charge in [-0.15, -0.1) is 0 Å². The van der Waals surface area contributed by atoms with E-state index in [1.54, 1.807) is 0 Å². The number of esters is 3. The van der Waals surface area contributed by atoms with Crippen LogP contribution in [-0.4, -0.2) is 37.2 Å². The largest absolute Gasteiger partial charge is 0.462 e. The molecule has 0 radical (unpaired) electrons. The molecule has 0 bridgehead atoms. The van der Waals surface area contributed by atoms with Crippen LogP contribution in [0.2, 0.25) is 0 Å². The normalized spacial score (nSPS) is 13.3. The first kappa shape index (κ1) is 68.0. The van der Waals surface area contributed by atoms with Crippen LogP contribution in [0.3, 0.4) is 0 Å². The van der Waals surface area contributed by atoms with E-state index in [1.807, 2.05) is 12.2 Å². The van der Waals surface area contributed by atoms with Gasteiger partial charge in [0.2, 0.25) is 0 Å². The third kappa shape index (κ3) is 57.8. The second-order valence-electron chi connectivity index (χ2n) is 18.4. The van der Waals surface area contributed by atoms with Crippen molar-refractivity contribution >= 4 is 17.9 Å². The monoisotopic (exact) mass is 1000 g/mol. The average molecular weight is 1010 g/mol. The molecule has 0 aromatic rings. The second-order valence-corrected chi connectivity index (χ2v) is 18.4. The fourth-order valence-corrected chi connectivity index (χ4v) is 7.28. The van der Waals surface area contributed by atoms with E-state index >= 15 is 0 Å². The lowest BCUT2D eigenvalue weighted by atomic mass is 10.0. The van der Waals surface area contributed by atoms with Crippen LogP contribution in [0.25, 0.3) is 0 Å². The van der Waals surface area contributed by atoms with Gasteiger partial charge in [0.25, 0.3) is 0 Å². The van der Waals surface area contributed by atoms with E-state index < -0.39 is 12.1 Å². The molecule has 0 amide bonds. The van der Waals surface area contributed by atoms with Gasteiger partial charge in [-0.25, -0.2) is 0 Å². The van der Waals surface area contributed by atoms with E-state index in [4.69, 9.17) is 14.2 Å². The number of hydrogen-bond donors (Lipinski definition) is 0. The van der Waals surface area contributed by atoms with Gasteiger partial charge in [0.05, 0.1) is 0 Å². The molecule has 0 heterocycles. The number of carbonyl (C=O) groups excluding carboxylic acids is 3. The maximum atomic E-state index is 12.8. The Morgan fingerprint density at radius 2 is 0.562 bits per heavy atom. The lowest BCUT2D eigenvalue weighted by Gasteiger charge is -2.18. The maximum absolute atomic E-state index is 12.8. The number of unbranched alkanes of at least 4 members (excludes halogenated alkanes) is 13. The highest BCUT2D eigenvalue weighted by molar-refractivity contribution is 5.71. The highest BCUT2D eigenvalue weighted by atomic mass is 16.6. The molecule has 1 atom stereocenters. The van der Waals surface area contributed by atoms with Crippen molar-refractivity contribution in [2.45, 2.75) is 232 Å². The summed E-state index contributed by atoms with van der Waals surface area (Å²) in [4.78, 5) is 38.0. The number of carbonyl (C=O) groups is 3. The van der Waals surface area contributed by atoms with Crippen molar-refractivity contribution in [3.05, 3.63) is 158 Å². The van der Waals surface area contributed by atoms with Gasteiger partial charge in [0.1, 0.15) is 13.2 Å². The zero-order valence-corrected chi connectivity index (χ0v) is 46.6. The standard InChI is InChI=1S/C67H104O6/c1-4-7-10-13-16-19-22-25-26-27-28-29-30-31-32-33-34-35-36-37-38-39-40-43-45-48-51-54-57-60-66(69)72-63-64(73-67(70)61-58-55-52-49-46-42-24-21-18-15-12-9-6-3)62-71-65(68)59-56-53-50-47-44-41-23-20-17-14-11-8-5-2/h7,9-10,12,16,18-19,21,25-26,28-29,31-32,34-35,37-38,40,42-43,46,48,51-52,55,64H,4-6,8,11,13-15,17,20,22-24,27,30,33,36,39,41,44-45,47,49-50,53-54,56-63H2,1-3H3/b10-7-,12-9-,19-16-,21-18-,26-25-,29-28-,32-31-,35-34-,38-37-,43-40-,46-42-,51-48-,55-52-. The molecule has 0 saturated carbocycles. The van der Waals surface area contributed by atoms with Gasteiger partial charge in [-0.3, -0.25) is 14.4 Å². The summed E-state index contributed by atoms with van der Waals surface area (Å²) in [7, 11) is 0. The van der Waals surface area contributed by atoms with Gasteiger partial charge in [-0.1, -0.05) is 256 Å². The smallest absolute Gasteiger partial charge is 0.306 e. The van der Waals surface area contributed by atoms with Crippen molar-refractivity contribution < 1.29 is 28.6 Å². The zero-order chi connectivity index (χ0) is 52.9. The molecule has 0 aliphatic carbocycles. The Morgan fingerprint density at radius 1 is 0.288 bits per heavy atom. The molecule has 0 aliphatic heterocycles. The van der Waals surface area contributed by atoms with Crippen LogP contribution in [0, 0.1) is 0 Å². The predicted octanol–water partition coefficient (Wildman–Crippen LogP) is 19.8. The van der Waals surface area contributed by atoms with Crippen molar-refractivity contribution in [3.63, 3.8) is 0 Å². The first-order valence-corrected chi connectivity index (χ1v) is 29.0. The van der Waals surface area contributed by atoms with Gasteiger partial charge in [-0.2, -0.15) is 0 Å². The number of rotatable bonds is 50. The van der Waals surface area contributed by atoms with Gasteiger partial charge >= 0.3 is 17.9 Å². The molecule has 1 unspecified atom stereocenters. The average Bonchev–Trinajstić information content (AvgIpc) is 3.39. The van der Waals surface area contributed by atoms with Gasteiger partial charge < -0.3 is 14.2 Å². The van der Waals surface area contributed by atoms with Crippen LogP contribution in [0.15, 0.2) is 158 Å². The highest BCUT2D eigenvalue weighted by Crippen LogP contribution is 2.14. The zero-order valence-electron chi connectivity index (χ0n) is 46.6. The molecule has 0 rings (SSSR count). The minimum atomic E-state index is -0.845. The van der Waals surface area contributed by atoms with E-state index in [2.05, 4.69) is 167 Å². The summed E-state index contributed by atoms with van der Waals surface area (Å²) in [6.07, 6.45) is 86.9. The van der Waals surface area contributed by atoms with E-state index in [-0.39, 0.29) is 38.0 Å². The Labute approximate surface area is 448 Å². The van der Waals surface area contributed by atoms with Crippen molar-refractivity contribution in [2.24, 2.45) is 0 Å². The summed E-state index contributed by atoms with van der Waals surface area (Å²) in [5.74, 6) is -1.08. The second kappa shape index (κ2) is 59.6. The van der Waals surface area contributed by atoms with Crippen LogP contribution in [-0.2, 0) is 28.6 Å². The van der Waals surface area contributed by atoms with Crippen LogP contribution in [0.4, 0.5) is 0 Å². The van der Waals surface area contributed by atoms with Crippen LogP contribution in [0.1, 0.15) is 226 Å². The molecule has 0 saturated heterocycles. The Hall–Kier alpha value is -4.97. The fraction of sp³-hybridized carbons (Fsp3) is 0.567. The van der Waals surface area contributed by atoms with Crippen LogP contribution < -0.4 is 0 Å². The van der Waals surface area contributed by atoms with E-state index in [0.29, 0.717) is 19.3 Å². The Bertz CT molecular complexity index is 1670. The van der Waals surface area contributed by atoms with Crippen LogP contribution in [0.5, 0.6) is 0 Å². The van der Waals surface area contributed by atoms with E-state index in [1.165, 1.54) is 64.2 Å². The van der Waals surface area contributed by atoms with Crippen molar-refractivity contribution in [2.75, 3.05) is 13.2 Å². The van der Waals surface area contributed by atoms with Gasteiger partial charge in [0, 0.05) is 19.3 Å². The van der Waals surface area contributed by atoms with Crippen molar-refractivity contribution in [1.82, 2.24) is 0 Å². The van der Waals surface area contributed by atoms with E-state index in [0.717, 1.165) is 109 Å². The van der Waals surface area contributed by atoms with Gasteiger partial charge in [0.15, 0.2) is 6.10 Å². The van der Waals surface area contributed by atoms with E-state index in [9.17, 15) is 14.4 Å². The Kier molecular flexibility index (Phi) is 55.5. The number of hydrogen-bond acceptors (Lipinski definition) is 6. The minimum Gasteiger partial charge on any atom is -0.462 e. The fourth-order valence-electron chi connectivity index (χ4n) is 7.28. The molecule has 6 heteroatoms. The molecule has 408 valence electrons. The quantitative estimate of drug-likeness (QED) is 0.0261. The molecule has 0 spiro atoms. The maximum Gasteiger partial charge on any atom is 0.306 e. The number of ether oxygens (including phenoxy) is 3.